The first-order chi connectivity index (χ1) is 9.57. The molecule has 21 heavy (non-hydrogen) atoms. The molecule has 0 atom stereocenters. The van der Waals surface area contributed by atoms with E-state index in [9.17, 15) is 0 Å². The third kappa shape index (κ3) is 8.77. The highest BCUT2D eigenvalue weighted by Gasteiger charge is 2.26. The molecule has 1 fully saturated rings. The zero-order valence-electron chi connectivity index (χ0n) is 15.5. The molecule has 126 valence electrons. The fourth-order valence-electron chi connectivity index (χ4n) is 2.68. The van der Waals surface area contributed by atoms with Crippen molar-refractivity contribution in [2.24, 2.45) is 5.41 Å². The van der Waals surface area contributed by atoms with Crippen LogP contribution >= 0.6 is 0 Å². The summed E-state index contributed by atoms with van der Waals surface area (Å²) in [5.41, 5.74) is 0.543. The zero-order chi connectivity index (χ0) is 16.1. The van der Waals surface area contributed by atoms with E-state index in [0.717, 1.165) is 6.54 Å². The second kappa shape index (κ2) is 7.91. The van der Waals surface area contributed by atoms with Crippen LogP contribution < -0.4 is 5.32 Å². The molecule has 4 heteroatoms. The molecule has 0 bridgehead atoms. The van der Waals surface area contributed by atoms with Crippen molar-refractivity contribution in [3.05, 3.63) is 0 Å². The summed E-state index contributed by atoms with van der Waals surface area (Å²) in [7, 11) is 4.31. The van der Waals surface area contributed by atoms with Gasteiger partial charge in [0.15, 0.2) is 0 Å². The largest absolute Gasteiger partial charge is 0.311 e. The van der Waals surface area contributed by atoms with Gasteiger partial charge in [-0.3, -0.25) is 4.90 Å². The lowest BCUT2D eigenvalue weighted by Gasteiger charge is -2.40. The lowest BCUT2D eigenvalue weighted by molar-refractivity contribution is 0.0902. The number of rotatable bonds is 7. The Morgan fingerprint density at radius 1 is 0.905 bits per heavy atom. The van der Waals surface area contributed by atoms with Gasteiger partial charge in [-0.25, -0.2) is 0 Å². The second-order valence-electron chi connectivity index (χ2n) is 8.69. The average Bonchev–Trinajstić information content (AvgIpc) is 2.35. The molecular weight excluding hydrogens is 260 g/mol. The quantitative estimate of drug-likeness (QED) is 0.770. The number of hydrogen-bond donors (Lipinski definition) is 1. The van der Waals surface area contributed by atoms with Gasteiger partial charge >= 0.3 is 0 Å². The van der Waals surface area contributed by atoms with Gasteiger partial charge < -0.3 is 15.1 Å². The van der Waals surface area contributed by atoms with E-state index in [2.05, 4.69) is 68.7 Å². The van der Waals surface area contributed by atoms with Gasteiger partial charge in [0.2, 0.25) is 0 Å². The third-order valence-electron chi connectivity index (χ3n) is 4.08. The van der Waals surface area contributed by atoms with Crippen LogP contribution in [0.1, 0.15) is 34.6 Å². The number of piperazine rings is 1. The van der Waals surface area contributed by atoms with Crippen molar-refractivity contribution in [3.8, 4) is 0 Å². The standard InChI is InChI=1S/C17H38N4/c1-16(2,3)18-14-17(4,5)15-21-12-10-20(11-13-21)9-8-19(6)7/h18H,8-15H2,1-7H3. The van der Waals surface area contributed by atoms with Crippen LogP contribution in [0, 0.1) is 5.41 Å². The molecule has 4 nitrogen and oxygen atoms in total. The van der Waals surface area contributed by atoms with Crippen molar-refractivity contribution in [3.63, 3.8) is 0 Å². The molecule has 0 aromatic carbocycles. The molecule has 0 aromatic heterocycles. The van der Waals surface area contributed by atoms with E-state index >= 15 is 0 Å². The van der Waals surface area contributed by atoms with Gasteiger partial charge in [-0.15, -0.1) is 0 Å². The highest BCUT2D eigenvalue weighted by atomic mass is 15.3. The van der Waals surface area contributed by atoms with Gasteiger partial charge in [0.1, 0.15) is 0 Å². The lowest BCUT2D eigenvalue weighted by Crippen LogP contribution is -2.52. The Morgan fingerprint density at radius 2 is 1.43 bits per heavy atom. The maximum absolute atomic E-state index is 3.65. The number of nitrogens with one attached hydrogen (secondary N) is 1. The Kier molecular flexibility index (Phi) is 7.11. The van der Waals surface area contributed by atoms with Gasteiger partial charge in [0, 0.05) is 57.9 Å². The fourth-order valence-corrected chi connectivity index (χ4v) is 2.68. The summed E-state index contributed by atoms with van der Waals surface area (Å²) in [6, 6.07) is 0. The maximum Gasteiger partial charge on any atom is 0.0110 e. The monoisotopic (exact) mass is 298 g/mol. The predicted molar refractivity (Wildman–Crippen MR) is 93.0 cm³/mol. The van der Waals surface area contributed by atoms with Crippen molar-refractivity contribution >= 4 is 0 Å². The number of nitrogens with zero attached hydrogens (tertiary/aromatic N) is 3. The van der Waals surface area contributed by atoms with Crippen molar-refractivity contribution in [2.45, 2.75) is 40.2 Å². The first kappa shape index (κ1) is 18.9. The molecular formula is C17H38N4. The summed E-state index contributed by atoms with van der Waals surface area (Å²) in [6.45, 7) is 21.0. The van der Waals surface area contributed by atoms with E-state index in [-0.39, 0.29) is 5.54 Å². The molecule has 0 aliphatic carbocycles. The van der Waals surface area contributed by atoms with E-state index in [0.29, 0.717) is 5.41 Å². The molecule has 1 N–H and O–H groups in total. The molecule has 0 unspecified atom stereocenters. The van der Waals surface area contributed by atoms with Crippen LogP contribution in [0.15, 0.2) is 0 Å². The fraction of sp³-hybridized carbons (Fsp3) is 1.00. The first-order valence-electron chi connectivity index (χ1n) is 8.42. The van der Waals surface area contributed by atoms with Crippen molar-refractivity contribution in [1.82, 2.24) is 20.0 Å². The van der Waals surface area contributed by atoms with Crippen LogP contribution in [0.2, 0.25) is 0 Å². The molecule has 0 amide bonds. The summed E-state index contributed by atoms with van der Waals surface area (Å²) >= 11 is 0. The van der Waals surface area contributed by atoms with Gasteiger partial charge in [0.25, 0.3) is 0 Å². The molecule has 1 rings (SSSR count). The van der Waals surface area contributed by atoms with E-state index in [4.69, 9.17) is 0 Å². The van der Waals surface area contributed by atoms with E-state index < -0.39 is 0 Å². The lowest BCUT2D eigenvalue weighted by atomic mass is 9.91. The zero-order valence-corrected chi connectivity index (χ0v) is 15.5. The Bertz CT molecular complexity index is 286. The summed E-state index contributed by atoms with van der Waals surface area (Å²) < 4.78 is 0. The Hall–Kier alpha value is -0.160. The highest BCUT2D eigenvalue weighted by Crippen LogP contribution is 2.18. The van der Waals surface area contributed by atoms with Crippen LogP contribution in [0.4, 0.5) is 0 Å². The van der Waals surface area contributed by atoms with Gasteiger partial charge in [-0.1, -0.05) is 13.8 Å². The van der Waals surface area contributed by atoms with E-state index in [1.165, 1.54) is 45.8 Å². The minimum atomic E-state index is 0.210. The molecule has 0 saturated carbocycles. The SMILES string of the molecule is CN(C)CCN1CCN(CC(C)(C)CNC(C)(C)C)CC1. The minimum absolute atomic E-state index is 0.210. The van der Waals surface area contributed by atoms with Crippen molar-refractivity contribution < 1.29 is 0 Å². The average molecular weight is 299 g/mol. The normalized spacial score (nSPS) is 19.4. The van der Waals surface area contributed by atoms with E-state index in [1.54, 1.807) is 0 Å². The van der Waals surface area contributed by atoms with Crippen LogP contribution in [-0.4, -0.2) is 86.7 Å². The van der Waals surface area contributed by atoms with Crippen LogP contribution in [0.5, 0.6) is 0 Å². The predicted octanol–water partition coefficient (Wildman–Crippen LogP) is 1.58. The molecule has 0 spiro atoms. The molecule has 1 saturated heterocycles. The molecule has 1 heterocycles. The number of hydrogen-bond acceptors (Lipinski definition) is 4. The van der Waals surface area contributed by atoms with Crippen LogP contribution in [0.3, 0.4) is 0 Å². The highest BCUT2D eigenvalue weighted by molar-refractivity contribution is 4.83. The second-order valence-corrected chi connectivity index (χ2v) is 8.69. The number of likely N-dealkylation sites (N-methyl/N-ethyl adjacent to an activating group) is 1. The molecule has 0 radical (unpaired) electrons. The first-order valence-corrected chi connectivity index (χ1v) is 8.42. The topological polar surface area (TPSA) is 21.8 Å². The molecule has 1 aliphatic heterocycles. The van der Waals surface area contributed by atoms with E-state index in [1.807, 2.05) is 0 Å². The van der Waals surface area contributed by atoms with Crippen LogP contribution in [-0.2, 0) is 0 Å². The maximum atomic E-state index is 3.65. The van der Waals surface area contributed by atoms with Crippen LogP contribution in [0.25, 0.3) is 0 Å². The van der Waals surface area contributed by atoms with Crippen molar-refractivity contribution in [2.75, 3.05) is 66.5 Å². The Morgan fingerprint density at radius 3 is 1.90 bits per heavy atom. The Labute approximate surface area is 132 Å². The summed E-state index contributed by atoms with van der Waals surface area (Å²) in [5.74, 6) is 0. The molecule has 1 aliphatic rings. The van der Waals surface area contributed by atoms with Gasteiger partial charge in [0.05, 0.1) is 0 Å². The molecule has 0 aromatic rings. The summed E-state index contributed by atoms with van der Waals surface area (Å²) in [6.07, 6.45) is 0. The van der Waals surface area contributed by atoms with Gasteiger partial charge in [-0.05, 0) is 40.3 Å². The Balaban J connectivity index is 2.27. The van der Waals surface area contributed by atoms with Crippen molar-refractivity contribution in [1.29, 1.82) is 0 Å². The summed E-state index contributed by atoms with van der Waals surface area (Å²) in [4.78, 5) is 7.50. The smallest absolute Gasteiger partial charge is 0.0110 e. The minimum Gasteiger partial charge on any atom is -0.311 e. The van der Waals surface area contributed by atoms with Gasteiger partial charge in [-0.2, -0.15) is 0 Å². The third-order valence-corrected chi connectivity index (χ3v) is 4.08. The summed E-state index contributed by atoms with van der Waals surface area (Å²) in [5, 5.41) is 3.65.